The van der Waals surface area contributed by atoms with Crippen LogP contribution in [0.25, 0.3) is 0 Å². The van der Waals surface area contributed by atoms with Gasteiger partial charge in [0.15, 0.2) is 0 Å². The van der Waals surface area contributed by atoms with E-state index in [1.807, 2.05) is 0 Å². The molecule has 0 unspecified atom stereocenters. The van der Waals surface area contributed by atoms with E-state index in [2.05, 4.69) is 41.4 Å². The quantitative estimate of drug-likeness (QED) is 0.743. The van der Waals surface area contributed by atoms with E-state index in [1.165, 1.54) is 32.1 Å². The lowest BCUT2D eigenvalue weighted by molar-refractivity contribution is 0.170. The van der Waals surface area contributed by atoms with Gasteiger partial charge in [0.05, 0.1) is 0 Å². The maximum Gasteiger partial charge on any atom is 0.0293 e. The Labute approximate surface area is 96.7 Å². The Morgan fingerprint density at radius 3 is 2.50 bits per heavy atom. The van der Waals surface area contributed by atoms with Crippen LogP contribution in [0.4, 0.5) is 0 Å². The molecule has 14 heavy (non-hydrogen) atoms. The van der Waals surface area contributed by atoms with Crippen molar-refractivity contribution in [3.63, 3.8) is 0 Å². The second kappa shape index (κ2) is 5.92. The third kappa shape index (κ3) is 3.74. The number of rotatable bonds is 4. The van der Waals surface area contributed by atoms with Crippen molar-refractivity contribution in [2.75, 3.05) is 13.6 Å². The third-order valence-corrected chi connectivity index (χ3v) is 3.70. The molecule has 1 saturated carbocycles. The van der Waals surface area contributed by atoms with Gasteiger partial charge in [0.2, 0.25) is 0 Å². The van der Waals surface area contributed by atoms with Crippen molar-refractivity contribution in [3.8, 4) is 0 Å². The fourth-order valence-corrected chi connectivity index (χ4v) is 2.79. The molecule has 0 saturated heterocycles. The van der Waals surface area contributed by atoms with Gasteiger partial charge < -0.3 is 0 Å². The summed E-state index contributed by atoms with van der Waals surface area (Å²) in [5, 5.41) is 0. The van der Waals surface area contributed by atoms with E-state index < -0.39 is 0 Å². The van der Waals surface area contributed by atoms with E-state index in [0.717, 1.165) is 16.9 Å². The van der Waals surface area contributed by atoms with Crippen LogP contribution in [0.3, 0.4) is 0 Å². The van der Waals surface area contributed by atoms with Gasteiger partial charge in [0.1, 0.15) is 0 Å². The first kappa shape index (κ1) is 12.3. The molecule has 0 aromatic rings. The molecule has 1 fully saturated rings. The SMILES string of the molecule is C=C(Br)CN(C)[C@@H](C)C1CCCCC1. The smallest absolute Gasteiger partial charge is 0.0293 e. The van der Waals surface area contributed by atoms with Crippen LogP contribution in [0, 0.1) is 5.92 Å². The Hall–Kier alpha value is 0.180. The normalized spacial score (nSPS) is 21.1. The fourth-order valence-electron chi connectivity index (χ4n) is 2.39. The molecule has 0 aromatic heterocycles. The van der Waals surface area contributed by atoms with Gasteiger partial charge in [0, 0.05) is 17.1 Å². The summed E-state index contributed by atoms with van der Waals surface area (Å²) in [7, 11) is 2.20. The van der Waals surface area contributed by atoms with E-state index in [9.17, 15) is 0 Å². The van der Waals surface area contributed by atoms with Crippen molar-refractivity contribution in [1.29, 1.82) is 0 Å². The molecular weight excluding hydrogens is 238 g/mol. The molecule has 0 heterocycles. The minimum absolute atomic E-state index is 0.699. The van der Waals surface area contributed by atoms with Gasteiger partial charge in [-0.3, -0.25) is 4.90 Å². The van der Waals surface area contributed by atoms with E-state index in [1.54, 1.807) is 0 Å². The van der Waals surface area contributed by atoms with Gasteiger partial charge in [-0.1, -0.05) is 41.8 Å². The van der Waals surface area contributed by atoms with E-state index >= 15 is 0 Å². The van der Waals surface area contributed by atoms with Crippen LogP contribution in [0.5, 0.6) is 0 Å². The van der Waals surface area contributed by atoms with Crippen molar-refractivity contribution >= 4 is 15.9 Å². The topological polar surface area (TPSA) is 3.24 Å². The summed E-state index contributed by atoms with van der Waals surface area (Å²) in [5.74, 6) is 0.903. The van der Waals surface area contributed by atoms with Crippen LogP contribution in [-0.4, -0.2) is 24.5 Å². The molecule has 0 aromatic carbocycles. The van der Waals surface area contributed by atoms with Gasteiger partial charge in [-0.05, 0) is 32.7 Å². The monoisotopic (exact) mass is 259 g/mol. The molecule has 0 bridgehead atoms. The fraction of sp³-hybridized carbons (Fsp3) is 0.833. The molecule has 0 aliphatic heterocycles. The van der Waals surface area contributed by atoms with Gasteiger partial charge >= 0.3 is 0 Å². The first-order valence-corrected chi connectivity index (χ1v) is 6.44. The summed E-state index contributed by atoms with van der Waals surface area (Å²) in [4.78, 5) is 2.41. The first-order valence-electron chi connectivity index (χ1n) is 5.64. The molecule has 0 amide bonds. The minimum Gasteiger partial charge on any atom is -0.299 e. The van der Waals surface area contributed by atoms with Crippen molar-refractivity contribution < 1.29 is 0 Å². The Balaban J connectivity index is 2.37. The standard InChI is InChI=1S/C12H22BrN/c1-10(13)9-14(3)11(2)12-7-5-4-6-8-12/h11-12H,1,4-9H2,2-3H3/t11-/m0/s1. The summed E-state index contributed by atoms with van der Waals surface area (Å²) in [6.07, 6.45) is 7.13. The number of hydrogen-bond acceptors (Lipinski definition) is 1. The zero-order valence-electron chi connectivity index (χ0n) is 9.43. The average molecular weight is 260 g/mol. The van der Waals surface area contributed by atoms with Crippen LogP contribution < -0.4 is 0 Å². The predicted molar refractivity (Wildman–Crippen MR) is 66.7 cm³/mol. The maximum atomic E-state index is 3.90. The van der Waals surface area contributed by atoms with Crippen LogP contribution >= 0.6 is 15.9 Å². The van der Waals surface area contributed by atoms with Crippen molar-refractivity contribution in [2.45, 2.75) is 45.1 Å². The van der Waals surface area contributed by atoms with E-state index in [0.29, 0.717) is 6.04 Å². The highest BCUT2D eigenvalue weighted by Crippen LogP contribution is 2.28. The Morgan fingerprint density at radius 2 is 2.00 bits per heavy atom. The molecule has 0 radical (unpaired) electrons. The lowest BCUT2D eigenvalue weighted by atomic mass is 9.84. The highest BCUT2D eigenvalue weighted by molar-refractivity contribution is 9.11. The molecule has 2 heteroatoms. The Kier molecular flexibility index (Phi) is 5.18. The summed E-state index contributed by atoms with van der Waals surface area (Å²) < 4.78 is 1.09. The van der Waals surface area contributed by atoms with Crippen molar-refractivity contribution in [1.82, 2.24) is 4.90 Å². The molecule has 1 atom stereocenters. The zero-order chi connectivity index (χ0) is 10.6. The molecule has 0 spiro atoms. The molecule has 1 aliphatic rings. The summed E-state index contributed by atoms with van der Waals surface area (Å²) in [6, 6.07) is 0.699. The van der Waals surface area contributed by atoms with E-state index in [-0.39, 0.29) is 0 Å². The molecule has 1 aliphatic carbocycles. The van der Waals surface area contributed by atoms with Gasteiger partial charge in [-0.2, -0.15) is 0 Å². The lowest BCUT2D eigenvalue weighted by Gasteiger charge is -2.34. The summed E-state index contributed by atoms with van der Waals surface area (Å²) in [5.41, 5.74) is 0. The average Bonchev–Trinajstić information content (AvgIpc) is 2.17. The highest BCUT2D eigenvalue weighted by atomic mass is 79.9. The predicted octanol–water partition coefficient (Wildman–Crippen LogP) is 3.80. The largest absolute Gasteiger partial charge is 0.299 e. The number of halogens is 1. The Morgan fingerprint density at radius 1 is 1.43 bits per heavy atom. The van der Waals surface area contributed by atoms with Gasteiger partial charge in [-0.15, -0.1) is 0 Å². The molecular formula is C12H22BrN. The Bertz CT molecular complexity index is 185. The van der Waals surface area contributed by atoms with Crippen LogP contribution in [0.2, 0.25) is 0 Å². The molecule has 82 valence electrons. The molecule has 1 rings (SSSR count). The van der Waals surface area contributed by atoms with Crippen LogP contribution in [0.15, 0.2) is 11.1 Å². The molecule has 1 nitrogen and oxygen atoms in total. The maximum absolute atomic E-state index is 3.90. The summed E-state index contributed by atoms with van der Waals surface area (Å²) in [6.45, 7) is 7.22. The van der Waals surface area contributed by atoms with Crippen molar-refractivity contribution in [3.05, 3.63) is 11.1 Å². The van der Waals surface area contributed by atoms with Crippen LogP contribution in [-0.2, 0) is 0 Å². The van der Waals surface area contributed by atoms with Crippen molar-refractivity contribution in [2.24, 2.45) is 5.92 Å². The molecule has 0 N–H and O–H groups in total. The second-order valence-electron chi connectivity index (χ2n) is 4.57. The van der Waals surface area contributed by atoms with Gasteiger partial charge in [-0.25, -0.2) is 0 Å². The van der Waals surface area contributed by atoms with E-state index in [4.69, 9.17) is 0 Å². The van der Waals surface area contributed by atoms with Gasteiger partial charge in [0.25, 0.3) is 0 Å². The summed E-state index contributed by atoms with van der Waals surface area (Å²) >= 11 is 3.43. The number of likely N-dealkylation sites (N-methyl/N-ethyl adjacent to an activating group) is 1. The highest BCUT2D eigenvalue weighted by Gasteiger charge is 2.22. The number of nitrogens with zero attached hydrogens (tertiary/aromatic N) is 1. The third-order valence-electron chi connectivity index (χ3n) is 3.45. The second-order valence-corrected chi connectivity index (χ2v) is 5.69. The first-order chi connectivity index (χ1) is 6.61. The lowest BCUT2D eigenvalue weighted by Crippen LogP contribution is -2.37. The minimum atomic E-state index is 0.699. The van der Waals surface area contributed by atoms with Crippen LogP contribution in [0.1, 0.15) is 39.0 Å². The zero-order valence-corrected chi connectivity index (χ0v) is 11.0. The number of hydrogen-bond donors (Lipinski definition) is 0.